The molecular weight excluding hydrogens is 360 g/mol. The average Bonchev–Trinajstić information content (AvgIpc) is 3.07. The molecule has 28 heavy (non-hydrogen) atoms. The van der Waals surface area contributed by atoms with Gasteiger partial charge in [0.25, 0.3) is 11.6 Å². The minimum Gasteiger partial charge on any atom is -0.383 e. The number of benzene rings is 2. The molecule has 1 heterocycles. The molecule has 0 fully saturated rings. The van der Waals surface area contributed by atoms with E-state index in [4.69, 9.17) is 0 Å². The van der Waals surface area contributed by atoms with E-state index in [0.29, 0.717) is 18.8 Å². The second-order valence-electron chi connectivity index (χ2n) is 6.26. The molecule has 0 radical (unpaired) electrons. The van der Waals surface area contributed by atoms with E-state index < -0.39 is 4.92 Å². The monoisotopic (exact) mass is 380 g/mol. The van der Waals surface area contributed by atoms with E-state index in [2.05, 4.69) is 20.9 Å². The van der Waals surface area contributed by atoms with E-state index >= 15 is 0 Å². The van der Waals surface area contributed by atoms with Gasteiger partial charge in [0.05, 0.1) is 16.3 Å². The fourth-order valence-corrected chi connectivity index (χ4v) is 2.71. The number of nitrogens with zero attached hydrogens (tertiary/aromatic N) is 4. The van der Waals surface area contributed by atoms with Crippen molar-refractivity contribution in [2.24, 2.45) is 0 Å². The Kier molecular flexibility index (Phi) is 5.64. The summed E-state index contributed by atoms with van der Waals surface area (Å²) in [5.74, 6) is -0.304. The van der Waals surface area contributed by atoms with E-state index in [9.17, 15) is 14.9 Å². The number of nitrogens with one attached hydrogen (secondary N) is 2. The highest BCUT2D eigenvalue weighted by Gasteiger charge is 2.17. The highest BCUT2D eigenvalue weighted by molar-refractivity contribution is 5.93. The number of hydrogen-bond acceptors (Lipinski definition) is 6. The molecule has 0 spiro atoms. The minimum absolute atomic E-state index is 0.0334. The summed E-state index contributed by atoms with van der Waals surface area (Å²) in [5, 5.41) is 24.6. The van der Waals surface area contributed by atoms with E-state index in [0.717, 1.165) is 16.9 Å². The van der Waals surface area contributed by atoms with Gasteiger partial charge in [-0.1, -0.05) is 17.3 Å². The number of carbonyl (C=O) groups is 1. The van der Waals surface area contributed by atoms with Crippen molar-refractivity contribution >= 4 is 17.3 Å². The number of amides is 1. The highest BCUT2D eigenvalue weighted by Crippen LogP contribution is 2.15. The lowest BCUT2D eigenvalue weighted by atomic mass is 10.2. The quantitative estimate of drug-likeness (QED) is 0.370. The lowest BCUT2D eigenvalue weighted by molar-refractivity contribution is -0.384. The molecular formula is C19H20N6O3. The zero-order chi connectivity index (χ0) is 20.1. The Morgan fingerprint density at radius 3 is 2.57 bits per heavy atom. The lowest BCUT2D eigenvalue weighted by Crippen LogP contribution is -2.29. The van der Waals surface area contributed by atoms with Crippen molar-refractivity contribution in [1.29, 1.82) is 0 Å². The van der Waals surface area contributed by atoms with Gasteiger partial charge in [0.1, 0.15) is 0 Å². The smallest absolute Gasteiger partial charge is 0.273 e. The predicted molar refractivity (Wildman–Crippen MR) is 105 cm³/mol. The van der Waals surface area contributed by atoms with Crippen LogP contribution >= 0.6 is 0 Å². The van der Waals surface area contributed by atoms with Crippen LogP contribution in [0.25, 0.3) is 5.69 Å². The third kappa shape index (κ3) is 4.32. The maximum atomic E-state index is 12.4. The third-order valence-corrected chi connectivity index (χ3v) is 4.17. The first-order valence-corrected chi connectivity index (χ1v) is 8.71. The zero-order valence-electron chi connectivity index (χ0n) is 15.5. The zero-order valence-corrected chi connectivity index (χ0v) is 15.5. The number of nitro benzene ring substituents is 1. The molecule has 0 aliphatic carbocycles. The first kappa shape index (κ1) is 19.0. The number of aromatic nitrogens is 3. The molecule has 0 saturated heterocycles. The number of hydrogen-bond donors (Lipinski definition) is 2. The molecule has 1 amide bonds. The summed E-state index contributed by atoms with van der Waals surface area (Å²) in [5.41, 5.74) is 3.65. The Morgan fingerprint density at radius 1 is 1.14 bits per heavy atom. The normalized spacial score (nSPS) is 10.5. The third-order valence-electron chi connectivity index (χ3n) is 4.17. The standard InChI is InChI=1S/C19H20N6O3/c1-13-4-3-5-17(12-13)24-14(2)18(22-23-24)19(26)21-11-10-20-15-6-8-16(9-7-15)25(27)28/h3-9,12,20H,10-11H2,1-2H3,(H,21,26). The van der Waals surface area contributed by atoms with Gasteiger partial charge in [-0.3, -0.25) is 14.9 Å². The van der Waals surface area contributed by atoms with Crippen molar-refractivity contribution in [3.8, 4) is 5.69 Å². The largest absolute Gasteiger partial charge is 0.383 e. The molecule has 3 aromatic rings. The van der Waals surface area contributed by atoms with Gasteiger partial charge in [-0.05, 0) is 43.7 Å². The molecule has 0 saturated carbocycles. The molecule has 0 bridgehead atoms. The predicted octanol–water partition coefficient (Wildman–Crippen LogP) is 2.63. The Bertz CT molecular complexity index is 997. The SMILES string of the molecule is Cc1cccc(-n2nnc(C(=O)NCCNc3ccc([N+](=O)[O-])cc3)c2C)c1. The van der Waals surface area contributed by atoms with Crippen LogP contribution in [0.4, 0.5) is 11.4 Å². The van der Waals surface area contributed by atoms with Crippen molar-refractivity contribution in [2.45, 2.75) is 13.8 Å². The van der Waals surface area contributed by atoms with E-state index in [1.54, 1.807) is 23.7 Å². The number of anilines is 1. The Hall–Kier alpha value is -3.75. The molecule has 9 heteroatoms. The van der Waals surface area contributed by atoms with Crippen LogP contribution in [0.1, 0.15) is 21.7 Å². The summed E-state index contributed by atoms with van der Waals surface area (Å²) in [6.07, 6.45) is 0. The van der Waals surface area contributed by atoms with Crippen molar-refractivity contribution < 1.29 is 9.72 Å². The molecule has 1 aromatic heterocycles. The molecule has 0 aliphatic heterocycles. The van der Waals surface area contributed by atoms with Crippen LogP contribution in [0.15, 0.2) is 48.5 Å². The molecule has 2 aromatic carbocycles. The molecule has 3 rings (SSSR count). The number of carbonyl (C=O) groups excluding carboxylic acids is 1. The van der Waals surface area contributed by atoms with E-state index in [1.807, 2.05) is 31.2 Å². The molecule has 0 atom stereocenters. The topological polar surface area (TPSA) is 115 Å². The van der Waals surface area contributed by atoms with Gasteiger partial charge in [0.15, 0.2) is 5.69 Å². The Labute approximate surface area is 161 Å². The molecule has 9 nitrogen and oxygen atoms in total. The number of nitro groups is 1. The van der Waals surface area contributed by atoms with Crippen molar-refractivity contribution in [3.05, 3.63) is 75.6 Å². The maximum absolute atomic E-state index is 12.4. The fraction of sp³-hybridized carbons (Fsp3) is 0.211. The van der Waals surface area contributed by atoms with Gasteiger partial charge in [0.2, 0.25) is 0 Å². The van der Waals surface area contributed by atoms with Crippen LogP contribution in [-0.4, -0.2) is 38.9 Å². The first-order valence-electron chi connectivity index (χ1n) is 8.71. The average molecular weight is 380 g/mol. The fourth-order valence-electron chi connectivity index (χ4n) is 2.71. The van der Waals surface area contributed by atoms with E-state index in [-0.39, 0.29) is 17.3 Å². The first-order chi connectivity index (χ1) is 13.5. The van der Waals surface area contributed by atoms with Crippen molar-refractivity contribution in [2.75, 3.05) is 18.4 Å². The van der Waals surface area contributed by atoms with Crippen LogP contribution in [0, 0.1) is 24.0 Å². The lowest BCUT2D eigenvalue weighted by Gasteiger charge is -2.08. The summed E-state index contributed by atoms with van der Waals surface area (Å²) in [6.45, 7) is 4.62. The van der Waals surface area contributed by atoms with Crippen LogP contribution < -0.4 is 10.6 Å². The molecule has 0 aliphatic rings. The minimum atomic E-state index is -0.448. The summed E-state index contributed by atoms with van der Waals surface area (Å²) >= 11 is 0. The van der Waals surface area contributed by atoms with Gasteiger partial charge >= 0.3 is 0 Å². The Balaban J connectivity index is 1.55. The summed E-state index contributed by atoms with van der Waals surface area (Å²) < 4.78 is 1.64. The Morgan fingerprint density at radius 2 is 1.89 bits per heavy atom. The van der Waals surface area contributed by atoms with Crippen LogP contribution in [-0.2, 0) is 0 Å². The van der Waals surface area contributed by atoms with Gasteiger partial charge < -0.3 is 10.6 Å². The van der Waals surface area contributed by atoms with Crippen molar-refractivity contribution in [3.63, 3.8) is 0 Å². The van der Waals surface area contributed by atoms with Crippen LogP contribution in [0.3, 0.4) is 0 Å². The second-order valence-corrected chi connectivity index (χ2v) is 6.26. The molecule has 144 valence electrons. The number of non-ortho nitro benzene ring substituents is 1. The van der Waals surface area contributed by atoms with Crippen molar-refractivity contribution in [1.82, 2.24) is 20.3 Å². The molecule has 0 unspecified atom stereocenters. The second kappa shape index (κ2) is 8.30. The number of aryl methyl sites for hydroxylation is 1. The van der Waals surface area contributed by atoms with Gasteiger partial charge in [-0.25, -0.2) is 4.68 Å². The van der Waals surface area contributed by atoms with Crippen LogP contribution in [0.5, 0.6) is 0 Å². The van der Waals surface area contributed by atoms with Gasteiger partial charge in [-0.2, -0.15) is 0 Å². The summed E-state index contributed by atoms with van der Waals surface area (Å²) in [6, 6.07) is 13.9. The molecule has 2 N–H and O–H groups in total. The van der Waals surface area contributed by atoms with E-state index in [1.165, 1.54) is 12.1 Å². The van der Waals surface area contributed by atoms with Crippen LogP contribution in [0.2, 0.25) is 0 Å². The number of rotatable bonds is 7. The van der Waals surface area contributed by atoms with Gasteiger partial charge in [-0.15, -0.1) is 5.10 Å². The maximum Gasteiger partial charge on any atom is 0.273 e. The highest BCUT2D eigenvalue weighted by atomic mass is 16.6. The van der Waals surface area contributed by atoms with Gasteiger partial charge in [0, 0.05) is 30.9 Å². The summed E-state index contributed by atoms with van der Waals surface area (Å²) in [7, 11) is 0. The summed E-state index contributed by atoms with van der Waals surface area (Å²) in [4.78, 5) is 22.6.